The van der Waals surface area contributed by atoms with Crippen molar-refractivity contribution in [1.82, 2.24) is 5.32 Å². The first kappa shape index (κ1) is 28.0. The predicted octanol–water partition coefficient (Wildman–Crippen LogP) is 1.80. The Morgan fingerprint density at radius 3 is 1.86 bits per heavy atom. The van der Waals surface area contributed by atoms with E-state index in [2.05, 4.69) is 24.4 Å². The highest BCUT2D eigenvalue weighted by Crippen LogP contribution is 2.09. The van der Waals surface area contributed by atoms with Crippen molar-refractivity contribution >= 4 is 5.91 Å². The summed E-state index contributed by atoms with van der Waals surface area (Å²) in [6.45, 7) is 1.83. The number of rotatable bonds is 19. The second-order valence-electron chi connectivity index (χ2n) is 7.70. The van der Waals surface area contributed by atoms with Crippen LogP contribution in [-0.4, -0.2) is 69.0 Å². The number of hydrogen-bond donors (Lipinski definition) is 6. The Labute approximate surface area is 175 Å². The van der Waals surface area contributed by atoms with E-state index in [9.17, 15) is 25.2 Å². The molecule has 0 fully saturated rings. The summed E-state index contributed by atoms with van der Waals surface area (Å²) in [7, 11) is 0. The van der Waals surface area contributed by atoms with Crippen molar-refractivity contribution in [1.29, 1.82) is 0 Å². The summed E-state index contributed by atoms with van der Waals surface area (Å²) in [5.74, 6) is -0.806. The van der Waals surface area contributed by atoms with Gasteiger partial charge in [0, 0.05) is 6.54 Å². The highest BCUT2D eigenvalue weighted by atomic mass is 16.4. The first-order valence-electron chi connectivity index (χ1n) is 11.2. The smallest absolute Gasteiger partial charge is 0.251 e. The van der Waals surface area contributed by atoms with Gasteiger partial charge in [-0.05, 0) is 32.1 Å². The molecule has 0 aliphatic heterocycles. The van der Waals surface area contributed by atoms with Crippen LogP contribution in [0, 0.1) is 0 Å². The zero-order chi connectivity index (χ0) is 21.9. The monoisotopic (exact) mass is 417 g/mol. The van der Waals surface area contributed by atoms with Crippen LogP contribution in [0.5, 0.6) is 0 Å². The molecule has 0 aromatic carbocycles. The Hall–Kier alpha value is -0.990. The van der Waals surface area contributed by atoms with Gasteiger partial charge in [0.1, 0.15) is 18.3 Å². The normalized spacial score (nSPS) is 15.9. The lowest BCUT2D eigenvalue weighted by molar-refractivity contribution is -0.148. The van der Waals surface area contributed by atoms with E-state index >= 15 is 0 Å². The molecule has 0 bridgehead atoms. The number of aliphatic hydroxyl groups excluding tert-OH is 5. The number of allylic oxidation sites excluding steroid dienone is 2. The highest BCUT2D eigenvalue weighted by molar-refractivity contribution is 5.81. The predicted molar refractivity (Wildman–Crippen MR) is 114 cm³/mol. The van der Waals surface area contributed by atoms with Crippen molar-refractivity contribution in [2.24, 2.45) is 0 Å². The van der Waals surface area contributed by atoms with Crippen molar-refractivity contribution in [3.05, 3.63) is 12.2 Å². The molecular formula is C22H43NO6. The lowest BCUT2D eigenvalue weighted by atomic mass is 10.0. The summed E-state index contributed by atoms with van der Waals surface area (Å²) in [6, 6.07) is 0. The van der Waals surface area contributed by atoms with Crippen LogP contribution in [0.3, 0.4) is 0 Å². The number of amides is 1. The zero-order valence-electron chi connectivity index (χ0n) is 18.0. The van der Waals surface area contributed by atoms with E-state index in [4.69, 9.17) is 5.11 Å². The number of hydrogen-bond acceptors (Lipinski definition) is 6. The first-order valence-corrected chi connectivity index (χ1v) is 11.2. The number of carbonyl (C=O) groups excluding carboxylic acids is 1. The summed E-state index contributed by atoms with van der Waals surface area (Å²) < 4.78 is 0. The second-order valence-corrected chi connectivity index (χ2v) is 7.70. The van der Waals surface area contributed by atoms with Crippen LogP contribution in [0.4, 0.5) is 0 Å². The fourth-order valence-electron chi connectivity index (χ4n) is 3.01. The van der Waals surface area contributed by atoms with Crippen molar-refractivity contribution < 1.29 is 30.3 Å². The number of nitrogens with one attached hydrogen (secondary N) is 1. The molecule has 172 valence electrons. The lowest BCUT2D eigenvalue weighted by Crippen LogP contribution is -2.51. The minimum Gasteiger partial charge on any atom is -0.394 e. The minimum absolute atomic E-state index is 0.370. The van der Waals surface area contributed by atoms with Crippen molar-refractivity contribution in [2.45, 2.75) is 108 Å². The van der Waals surface area contributed by atoms with Gasteiger partial charge in [-0.25, -0.2) is 0 Å². The molecule has 0 aliphatic carbocycles. The maximum absolute atomic E-state index is 11.7. The van der Waals surface area contributed by atoms with Crippen molar-refractivity contribution in [2.75, 3.05) is 13.2 Å². The largest absolute Gasteiger partial charge is 0.394 e. The maximum atomic E-state index is 11.7. The Morgan fingerprint density at radius 2 is 1.31 bits per heavy atom. The molecule has 0 heterocycles. The molecule has 6 N–H and O–H groups in total. The minimum atomic E-state index is -1.86. The van der Waals surface area contributed by atoms with Gasteiger partial charge in [0.25, 0.3) is 5.91 Å². The van der Waals surface area contributed by atoms with Gasteiger partial charge in [-0.15, -0.1) is 0 Å². The molecular weight excluding hydrogens is 374 g/mol. The molecule has 29 heavy (non-hydrogen) atoms. The standard InChI is InChI=1S/C22H43NO6/c1-2-3-4-5-6-7-8-9-10-11-12-13-14-15-16-23-22(29)21(28)20(27)19(26)18(25)17-24/h9-10,18-21,24-28H,2-8,11-17H2,1H3,(H,23,29)/t18-,19-,20+,21-/m1/s1. The molecule has 0 aromatic rings. The Bertz CT molecular complexity index is 418. The average molecular weight is 418 g/mol. The number of carbonyl (C=O) groups is 1. The SMILES string of the molecule is CCCCCCCCC=CCCCCCCNC(=O)[C@H](O)[C@@H](O)[C@H](O)[C@H](O)CO. The van der Waals surface area contributed by atoms with Gasteiger partial charge in [-0.3, -0.25) is 4.79 Å². The quantitative estimate of drug-likeness (QED) is 0.140. The van der Waals surface area contributed by atoms with Gasteiger partial charge in [0.2, 0.25) is 0 Å². The molecule has 0 saturated carbocycles. The highest BCUT2D eigenvalue weighted by Gasteiger charge is 2.33. The van der Waals surface area contributed by atoms with Crippen LogP contribution < -0.4 is 5.32 Å². The number of unbranched alkanes of at least 4 members (excludes halogenated alkanes) is 10. The molecule has 0 saturated heterocycles. The maximum Gasteiger partial charge on any atom is 0.251 e. The van der Waals surface area contributed by atoms with Crippen LogP contribution >= 0.6 is 0 Å². The van der Waals surface area contributed by atoms with Gasteiger partial charge in [-0.2, -0.15) is 0 Å². The van der Waals surface area contributed by atoms with Gasteiger partial charge >= 0.3 is 0 Å². The van der Waals surface area contributed by atoms with Crippen molar-refractivity contribution in [3.8, 4) is 0 Å². The van der Waals surface area contributed by atoms with Crippen LogP contribution in [0.1, 0.15) is 84.0 Å². The van der Waals surface area contributed by atoms with Crippen LogP contribution in [0.2, 0.25) is 0 Å². The van der Waals surface area contributed by atoms with Gasteiger partial charge in [0.05, 0.1) is 6.61 Å². The third kappa shape index (κ3) is 14.6. The molecule has 0 spiro atoms. The number of aliphatic hydroxyl groups is 5. The molecule has 0 rings (SSSR count). The fourth-order valence-corrected chi connectivity index (χ4v) is 3.01. The Balaban J connectivity index is 3.60. The molecule has 7 heteroatoms. The van der Waals surface area contributed by atoms with E-state index in [0.717, 1.165) is 38.5 Å². The molecule has 0 aromatic heterocycles. The van der Waals surface area contributed by atoms with Crippen LogP contribution in [0.25, 0.3) is 0 Å². The van der Waals surface area contributed by atoms with E-state index in [1.165, 1.54) is 38.5 Å². The van der Waals surface area contributed by atoms with Crippen LogP contribution in [-0.2, 0) is 4.79 Å². The van der Waals surface area contributed by atoms with E-state index in [1.807, 2.05) is 0 Å². The van der Waals surface area contributed by atoms with Gasteiger partial charge < -0.3 is 30.8 Å². The first-order chi connectivity index (χ1) is 14.0. The zero-order valence-corrected chi connectivity index (χ0v) is 18.0. The van der Waals surface area contributed by atoms with Crippen LogP contribution in [0.15, 0.2) is 12.2 Å². The van der Waals surface area contributed by atoms with E-state index in [0.29, 0.717) is 6.54 Å². The fraction of sp³-hybridized carbons (Fsp3) is 0.864. The molecule has 1 amide bonds. The van der Waals surface area contributed by atoms with E-state index in [-0.39, 0.29) is 0 Å². The molecule has 0 unspecified atom stereocenters. The van der Waals surface area contributed by atoms with Crippen molar-refractivity contribution in [3.63, 3.8) is 0 Å². The molecule has 0 aliphatic rings. The van der Waals surface area contributed by atoms with Gasteiger partial charge in [-0.1, -0.05) is 64.0 Å². The third-order valence-corrected chi connectivity index (χ3v) is 5.01. The molecule has 0 radical (unpaired) electrons. The second kappa shape index (κ2) is 19.0. The summed E-state index contributed by atoms with van der Waals surface area (Å²) in [4.78, 5) is 11.7. The summed E-state index contributed by atoms with van der Waals surface area (Å²) in [6.07, 6.45) is 11.4. The topological polar surface area (TPSA) is 130 Å². The molecule has 7 nitrogen and oxygen atoms in total. The lowest BCUT2D eigenvalue weighted by Gasteiger charge is -2.24. The molecule has 4 atom stereocenters. The Kier molecular flexibility index (Phi) is 18.4. The summed E-state index contributed by atoms with van der Waals surface area (Å²) in [5, 5.41) is 49.3. The summed E-state index contributed by atoms with van der Waals surface area (Å²) >= 11 is 0. The Morgan fingerprint density at radius 1 is 0.793 bits per heavy atom. The summed E-state index contributed by atoms with van der Waals surface area (Å²) in [5.41, 5.74) is 0. The third-order valence-electron chi connectivity index (χ3n) is 5.01. The van der Waals surface area contributed by atoms with E-state index < -0.39 is 36.9 Å². The average Bonchev–Trinajstić information content (AvgIpc) is 2.73. The van der Waals surface area contributed by atoms with E-state index in [1.54, 1.807) is 0 Å². The van der Waals surface area contributed by atoms with Gasteiger partial charge in [0.15, 0.2) is 6.10 Å².